The zero-order valence-corrected chi connectivity index (χ0v) is 23.8. The number of sulfone groups is 1. The molecule has 1 aromatic carbocycles. The van der Waals surface area contributed by atoms with E-state index in [2.05, 4.69) is 30.6 Å². The molecule has 2 aliphatic rings. The van der Waals surface area contributed by atoms with Crippen LogP contribution < -0.4 is 10.6 Å². The minimum Gasteiger partial charge on any atom is -0.358 e. The smallest absolute Gasteiger partial charge is 0.295 e. The fourth-order valence-electron chi connectivity index (χ4n) is 5.10. The molecule has 0 amide bonds. The van der Waals surface area contributed by atoms with Crippen LogP contribution in [0.4, 0.5) is 31.8 Å². The molecular formula is C28H31F2N7O3S. The lowest BCUT2D eigenvalue weighted by Gasteiger charge is -2.25. The Labute approximate surface area is 236 Å². The summed E-state index contributed by atoms with van der Waals surface area (Å²) in [6.07, 6.45) is 3.43. The van der Waals surface area contributed by atoms with Crippen LogP contribution in [0.2, 0.25) is 0 Å². The second-order valence-corrected chi connectivity index (χ2v) is 12.7. The summed E-state index contributed by atoms with van der Waals surface area (Å²) in [5, 5.41) is 6.30. The number of nitrogens with zero attached hydrogens (tertiary/aromatic N) is 5. The molecule has 0 radical (unpaired) electrons. The van der Waals surface area contributed by atoms with Crippen LogP contribution in [0.1, 0.15) is 73.5 Å². The van der Waals surface area contributed by atoms with Gasteiger partial charge in [0.2, 0.25) is 0 Å². The molecule has 1 aliphatic heterocycles. The van der Waals surface area contributed by atoms with E-state index in [1.54, 1.807) is 24.4 Å². The molecule has 3 aromatic heterocycles. The number of ether oxygens (including phenoxy) is 1. The number of alkyl halides is 2. The normalized spacial score (nSPS) is 17.8. The van der Waals surface area contributed by atoms with Gasteiger partial charge in [0, 0.05) is 18.9 Å². The number of hydrogen-bond donors (Lipinski definition) is 2. The van der Waals surface area contributed by atoms with Crippen LogP contribution in [-0.2, 0) is 14.6 Å². The number of fused-ring (bicyclic) bond motifs is 1. The Morgan fingerprint density at radius 1 is 0.976 bits per heavy atom. The first kappa shape index (κ1) is 27.5. The van der Waals surface area contributed by atoms with Crippen LogP contribution >= 0.6 is 0 Å². The number of pyridine rings is 1. The van der Waals surface area contributed by atoms with Gasteiger partial charge in [-0.15, -0.1) is 0 Å². The van der Waals surface area contributed by atoms with E-state index in [4.69, 9.17) is 4.74 Å². The van der Waals surface area contributed by atoms with Crippen LogP contribution in [0.3, 0.4) is 0 Å². The van der Waals surface area contributed by atoms with E-state index < -0.39 is 28.3 Å². The monoisotopic (exact) mass is 583 g/mol. The minimum absolute atomic E-state index is 0.130. The van der Waals surface area contributed by atoms with Crippen molar-refractivity contribution in [2.24, 2.45) is 0 Å². The van der Waals surface area contributed by atoms with Crippen molar-refractivity contribution in [2.75, 3.05) is 23.5 Å². The van der Waals surface area contributed by atoms with Gasteiger partial charge in [-0.2, -0.15) is 0 Å². The number of anilines is 4. The number of halogens is 2. The van der Waals surface area contributed by atoms with Crippen molar-refractivity contribution < 1.29 is 21.9 Å². The maximum absolute atomic E-state index is 14.4. The lowest BCUT2D eigenvalue weighted by Crippen LogP contribution is -2.20. The topological polar surface area (TPSA) is 124 Å². The van der Waals surface area contributed by atoms with Gasteiger partial charge in [-0.3, -0.25) is 9.55 Å². The highest BCUT2D eigenvalue weighted by atomic mass is 32.2. The predicted octanol–water partition coefficient (Wildman–Crippen LogP) is 6.24. The van der Waals surface area contributed by atoms with E-state index in [0.717, 1.165) is 48.9 Å². The van der Waals surface area contributed by atoms with E-state index in [1.165, 1.54) is 4.57 Å². The molecule has 0 bridgehead atoms. The first-order chi connectivity index (χ1) is 19.6. The van der Waals surface area contributed by atoms with Crippen LogP contribution in [0.25, 0.3) is 11.2 Å². The number of aryl methyl sites for hydroxylation is 2. The number of aromatic nitrogens is 5. The molecule has 1 saturated carbocycles. The summed E-state index contributed by atoms with van der Waals surface area (Å²) in [6.45, 7) is 4.12. The molecule has 0 spiro atoms. The van der Waals surface area contributed by atoms with Crippen molar-refractivity contribution in [2.45, 2.75) is 69.4 Å². The van der Waals surface area contributed by atoms with E-state index in [0.29, 0.717) is 42.0 Å². The number of hydrogen-bond acceptors (Lipinski definition) is 9. The Bertz CT molecular complexity index is 1730. The molecule has 2 fully saturated rings. The average Bonchev–Trinajstić information content (AvgIpc) is 3.71. The summed E-state index contributed by atoms with van der Waals surface area (Å²) < 4.78 is 61.6. The van der Waals surface area contributed by atoms with E-state index in [9.17, 15) is 17.2 Å². The first-order valence-electron chi connectivity index (χ1n) is 13.6. The highest BCUT2D eigenvalue weighted by Crippen LogP contribution is 2.43. The SMILES string of the molecule is Cc1ncc(Nc2cc(Nc3ccc(C4CC4)cc3S(C)(=O)=O)c3nc(C(F)F)n(C4CCCCO4)c3n2)nc1C. The Hall–Kier alpha value is -3.71. The number of imidazole rings is 1. The largest absolute Gasteiger partial charge is 0.358 e. The molecule has 1 saturated heterocycles. The molecule has 6 rings (SSSR count). The average molecular weight is 584 g/mol. The van der Waals surface area contributed by atoms with Crippen molar-refractivity contribution in [1.29, 1.82) is 0 Å². The quantitative estimate of drug-likeness (QED) is 0.248. The highest BCUT2D eigenvalue weighted by molar-refractivity contribution is 7.90. The van der Waals surface area contributed by atoms with Gasteiger partial charge < -0.3 is 15.4 Å². The van der Waals surface area contributed by atoms with Gasteiger partial charge in [-0.25, -0.2) is 32.2 Å². The molecule has 41 heavy (non-hydrogen) atoms. The fraction of sp³-hybridized carbons (Fsp3) is 0.429. The summed E-state index contributed by atoms with van der Waals surface area (Å²) in [6, 6.07) is 6.91. The van der Waals surface area contributed by atoms with Crippen molar-refractivity contribution in [3.8, 4) is 0 Å². The van der Waals surface area contributed by atoms with Gasteiger partial charge in [0.05, 0.1) is 33.9 Å². The maximum atomic E-state index is 14.4. The van der Waals surface area contributed by atoms with Gasteiger partial charge in [0.25, 0.3) is 6.43 Å². The van der Waals surface area contributed by atoms with E-state index >= 15 is 0 Å². The Balaban J connectivity index is 1.52. The fourth-order valence-corrected chi connectivity index (χ4v) is 5.97. The summed E-state index contributed by atoms with van der Waals surface area (Å²) >= 11 is 0. The van der Waals surface area contributed by atoms with Gasteiger partial charge >= 0.3 is 0 Å². The minimum atomic E-state index is -3.61. The van der Waals surface area contributed by atoms with Crippen molar-refractivity contribution in [1.82, 2.24) is 24.5 Å². The third kappa shape index (κ3) is 5.60. The van der Waals surface area contributed by atoms with Gasteiger partial charge in [0.15, 0.2) is 21.3 Å². The molecule has 1 unspecified atom stereocenters. The molecule has 1 aliphatic carbocycles. The van der Waals surface area contributed by atoms with Gasteiger partial charge in [-0.05, 0) is 69.6 Å². The lowest BCUT2D eigenvalue weighted by molar-refractivity contribution is -0.0363. The van der Waals surface area contributed by atoms with Crippen molar-refractivity contribution in [3.63, 3.8) is 0 Å². The molecule has 4 aromatic rings. The molecule has 10 nitrogen and oxygen atoms in total. The van der Waals surface area contributed by atoms with Gasteiger partial charge in [-0.1, -0.05) is 6.07 Å². The second kappa shape index (κ2) is 10.6. The van der Waals surface area contributed by atoms with Crippen LogP contribution in [0, 0.1) is 13.8 Å². The number of nitrogens with one attached hydrogen (secondary N) is 2. The zero-order valence-electron chi connectivity index (χ0n) is 23.0. The van der Waals surface area contributed by atoms with Crippen molar-refractivity contribution in [3.05, 3.63) is 53.2 Å². The van der Waals surface area contributed by atoms with Crippen LogP contribution in [0.5, 0.6) is 0 Å². The summed E-state index contributed by atoms with van der Waals surface area (Å²) in [7, 11) is -3.61. The van der Waals surface area contributed by atoms with Gasteiger partial charge in [0.1, 0.15) is 23.4 Å². The van der Waals surface area contributed by atoms with E-state index in [1.807, 2.05) is 19.9 Å². The molecular weight excluding hydrogens is 552 g/mol. The van der Waals surface area contributed by atoms with E-state index in [-0.39, 0.29) is 16.1 Å². The highest BCUT2D eigenvalue weighted by Gasteiger charge is 2.30. The molecule has 216 valence electrons. The summed E-state index contributed by atoms with van der Waals surface area (Å²) in [4.78, 5) is 18.0. The maximum Gasteiger partial charge on any atom is 0.295 e. The van der Waals surface area contributed by atoms with Crippen LogP contribution in [-0.4, -0.2) is 45.8 Å². The third-order valence-corrected chi connectivity index (χ3v) is 8.62. The molecule has 4 heterocycles. The number of benzene rings is 1. The first-order valence-corrected chi connectivity index (χ1v) is 15.5. The summed E-state index contributed by atoms with van der Waals surface area (Å²) in [5.41, 5.74) is 3.47. The Morgan fingerprint density at radius 3 is 2.44 bits per heavy atom. The third-order valence-electron chi connectivity index (χ3n) is 7.49. The van der Waals surface area contributed by atoms with Crippen molar-refractivity contribution >= 4 is 44.0 Å². The standard InChI is InChI=1S/C28H31F2N7O3S/c1-15-16(2)32-23(14-31-15)34-22-13-20(33-19-10-9-18(17-7-8-17)12-21(19)41(3,38)39)25-27(35-22)37(28(36-25)26(29)30)24-6-4-5-11-40-24/h9-10,12-14,17,24,26H,4-8,11H2,1-3H3,(H2,32,33,34,35). The Morgan fingerprint density at radius 2 is 1.78 bits per heavy atom. The van der Waals surface area contributed by atoms with Crippen LogP contribution in [0.15, 0.2) is 35.4 Å². The summed E-state index contributed by atoms with van der Waals surface area (Å²) in [5.74, 6) is 0.612. The molecule has 13 heteroatoms. The zero-order chi connectivity index (χ0) is 28.9. The molecule has 2 N–H and O–H groups in total. The molecule has 1 atom stereocenters. The predicted molar refractivity (Wildman–Crippen MR) is 151 cm³/mol. The number of rotatable bonds is 8. The second-order valence-electron chi connectivity index (χ2n) is 10.7. The Kier molecular flexibility index (Phi) is 7.10. The lowest BCUT2D eigenvalue weighted by atomic mass is 10.1.